The molecule has 0 aromatic carbocycles. The molecule has 2 aromatic rings. The van der Waals surface area contributed by atoms with Gasteiger partial charge in [-0.15, -0.1) is 5.10 Å². The zero-order chi connectivity index (χ0) is 20.4. The fourth-order valence-corrected chi connectivity index (χ4v) is 2.57. The van der Waals surface area contributed by atoms with Crippen LogP contribution in [0.15, 0.2) is 23.7 Å². The van der Waals surface area contributed by atoms with Crippen LogP contribution in [0.25, 0.3) is 6.08 Å². The Morgan fingerprint density at radius 1 is 1.37 bits per heavy atom. The Balaban J connectivity index is 2.39. The molecule has 12 heteroatoms. The molecular formula is C15H16ClF3N4O3S. The maximum absolute atomic E-state index is 12.7. The molecule has 0 aliphatic rings. The van der Waals surface area contributed by atoms with Crippen LogP contribution in [-0.2, 0) is 22.7 Å². The lowest BCUT2D eigenvalue weighted by Crippen LogP contribution is -2.11. The number of primary sulfonamides is 1. The zero-order valence-corrected chi connectivity index (χ0v) is 15.8. The van der Waals surface area contributed by atoms with Crippen LogP contribution >= 0.6 is 11.6 Å². The third kappa shape index (κ3) is 6.22. The Morgan fingerprint density at radius 2 is 2.04 bits per heavy atom. The molecule has 0 radical (unpaired) electrons. The van der Waals surface area contributed by atoms with E-state index in [1.807, 2.05) is 0 Å². The number of nitrogens with two attached hydrogens (primary N) is 1. The van der Waals surface area contributed by atoms with Gasteiger partial charge in [0.2, 0.25) is 15.9 Å². The van der Waals surface area contributed by atoms with Crippen LogP contribution in [0.1, 0.15) is 30.8 Å². The summed E-state index contributed by atoms with van der Waals surface area (Å²) < 4.78 is 67.2. The number of ether oxygens (including phenoxy) is 1. The molecule has 0 aliphatic carbocycles. The fraction of sp³-hybridized carbons (Fsp3) is 0.333. The maximum atomic E-state index is 12.7. The smallest absolute Gasteiger partial charge is 0.417 e. The van der Waals surface area contributed by atoms with Gasteiger partial charge in [-0.1, -0.05) is 11.6 Å². The van der Waals surface area contributed by atoms with Crippen molar-refractivity contribution in [1.82, 2.24) is 14.8 Å². The lowest BCUT2D eigenvalue weighted by Gasteiger charge is -2.10. The van der Waals surface area contributed by atoms with Crippen molar-refractivity contribution in [3.8, 4) is 5.88 Å². The molecule has 27 heavy (non-hydrogen) atoms. The average molecular weight is 425 g/mol. The van der Waals surface area contributed by atoms with E-state index in [1.165, 1.54) is 16.8 Å². The summed E-state index contributed by atoms with van der Waals surface area (Å²) in [6.45, 7) is 3.43. The molecule has 0 bridgehead atoms. The summed E-state index contributed by atoms with van der Waals surface area (Å²) in [5.74, 6) is 0.196. The van der Waals surface area contributed by atoms with E-state index < -0.39 is 21.8 Å². The van der Waals surface area contributed by atoms with Crippen LogP contribution in [0.4, 0.5) is 13.2 Å². The van der Waals surface area contributed by atoms with E-state index in [0.29, 0.717) is 6.20 Å². The van der Waals surface area contributed by atoms with Crippen molar-refractivity contribution in [2.45, 2.75) is 32.7 Å². The van der Waals surface area contributed by atoms with Gasteiger partial charge in [0.25, 0.3) is 0 Å². The Labute approximate surface area is 158 Å². The predicted molar refractivity (Wildman–Crippen MR) is 93.5 cm³/mol. The number of hydrogen-bond acceptors (Lipinski definition) is 5. The molecule has 0 spiro atoms. The lowest BCUT2D eigenvalue weighted by molar-refractivity contribution is -0.137. The van der Waals surface area contributed by atoms with Crippen LogP contribution in [0, 0.1) is 0 Å². The van der Waals surface area contributed by atoms with Crippen LogP contribution in [0.5, 0.6) is 5.88 Å². The van der Waals surface area contributed by atoms with E-state index >= 15 is 0 Å². The molecule has 0 fully saturated rings. The highest BCUT2D eigenvalue weighted by atomic mass is 35.5. The number of halogens is 4. The van der Waals surface area contributed by atoms with Crippen LogP contribution in [0.2, 0.25) is 5.02 Å². The molecule has 0 aliphatic heterocycles. The van der Waals surface area contributed by atoms with Crippen LogP contribution in [-0.4, -0.2) is 29.3 Å². The van der Waals surface area contributed by atoms with Gasteiger partial charge in [0.05, 0.1) is 34.6 Å². The molecule has 0 atom stereocenters. The van der Waals surface area contributed by atoms with Crippen molar-refractivity contribution in [2.75, 3.05) is 0 Å². The minimum absolute atomic E-state index is 0.108. The molecule has 2 N–H and O–H groups in total. The molecule has 2 heterocycles. The summed E-state index contributed by atoms with van der Waals surface area (Å²) >= 11 is 5.91. The molecule has 0 unspecified atom stereocenters. The molecule has 0 amide bonds. The van der Waals surface area contributed by atoms with Gasteiger partial charge >= 0.3 is 6.18 Å². The third-order valence-electron chi connectivity index (χ3n) is 3.12. The summed E-state index contributed by atoms with van der Waals surface area (Å²) in [5, 5.41) is 9.65. The van der Waals surface area contributed by atoms with E-state index in [1.54, 1.807) is 13.8 Å². The highest BCUT2D eigenvalue weighted by Crippen LogP contribution is 2.31. The number of nitrogens with zero attached hydrogens (tertiary/aromatic N) is 3. The Bertz CT molecular complexity index is 956. The van der Waals surface area contributed by atoms with E-state index in [9.17, 15) is 21.6 Å². The summed E-state index contributed by atoms with van der Waals surface area (Å²) in [5.41, 5.74) is -0.568. The third-order valence-corrected chi connectivity index (χ3v) is 3.96. The molecular weight excluding hydrogens is 409 g/mol. The second kappa shape index (κ2) is 7.87. The van der Waals surface area contributed by atoms with Crippen molar-refractivity contribution < 1.29 is 26.3 Å². The SMILES string of the molecule is CC(C)Oc1cc(/C=C/S(N)(=O)=O)n(Cc2ncc(C(F)(F)F)cc2Cl)n1. The molecule has 0 saturated carbocycles. The molecule has 0 saturated heterocycles. The Hall–Kier alpha value is -2.11. The summed E-state index contributed by atoms with van der Waals surface area (Å²) in [6.07, 6.45) is -2.91. The minimum atomic E-state index is -4.57. The summed E-state index contributed by atoms with van der Waals surface area (Å²) in [4.78, 5) is 3.74. The Kier molecular flexibility index (Phi) is 6.17. The monoisotopic (exact) mass is 424 g/mol. The molecule has 2 rings (SSSR count). The van der Waals surface area contributed by atoms with E-state index in [2.05, 4.69) is 10.1 Å². The zero-order valence-electron chi connectivity index (χ0n) is 14.2. The largest absolute Gasteiger partial charge is 0.474 e. The first kappa shape index (κ1) is 21.2. The van der Waals surface area contributed by atoms with Crippen molar-refractivity contribution >= 4 is 27.7 Å². The maximum Gasteiger partial charge on any atom is 0.417 e. The van der Waals surface area contributed by atoms with Gasteiger partial charge in [0, 0.05) is 17.7 Å². The minimum Gasteiger partial charge on any atom is -0.474 e. The predicted octanol–water partition coefficient (Wildman–Crippen LogP) is 3.05. The standard InChI is InChI=1S/C15H16ClF3N4O3S/c1-9(2)26-14-6-11(3-4-27(20,24)25)23(22-14)8-13-12(16)5-10(7-21-13)15(17,18)19/h3-7,9H,8H2,1-2H3,(H2,20,24,25)/b4-3+. The normalized spacial score (nSPS) is 12.9. The van der Waals surface area contributed by atoms with Gasteiger partial charge in [-0.05, 0) is 26.0 Å². The van der Waals surface area contributed by atoms with Gasteiger partial charge in [0.1, 0.15) is 0 Å². The second-order valence-corrected chi connectivity index (χ2v) is 7.63. The second-order valence-electron chi connectivity index (χ2n) is 5.77. The number of alkyl halides is 3. The number of pyridine rings is 1. The van der Waals surface area contributed by atoms with Gasteiger partial charge in [-0.25, -0.2) is 13.6 Å². The van der Waals surface area contributed by atoms with E-state index in [-0.39, 0.29) is 34.9 Å². The summed E-state index contributed by atoms with van der Waals surface area (Å²) in [7, 11) is -3.89. The average Bonchev–Trinajstić information content (AvgIpc) is 2.86. The molecule has 2 aromatic heterocycles. The number of rotatable bonds is 6. The first-order valence-corrected chi connectivity index (χ1v) is 9.51. The van der Waals surface area contributed by atoms with Gasteiger partial charge < -0.3 is 4.74 Å². The number of sulfonamides is 1. The number of aromatic nitrogens is 3. The Morgan fingerprint density at radius 3 is 2.56 bits per heavy atom. The highest BCUT2D eigenvalue weighted by Gasteiger charge is 2.31. The van der Waals surface area contributed by atoms with Gasteiger partial charge in [0.15, 0.2) is 0 Å². The highest BCUT2D eigenvalue weighted by molar-refractivity contribution is 7.92. The molecule has 148 valence electrons. The van der Waals surface area contributed by atoms with Crippen molar-refractivity contribution in [3.63, 3.8) is 0 Å². The summed E-state index contributed by atoms with van der Waals surface area (Å²) in [6, 6.07) is 2.22. The first-order chi connectivity index (χ1) is 12.3. The van der Waals surface area contributed by atoms with Crippen molar-refractivity contribution in [3.05, 3.63) is 45.7 Å². The van der Waals surface area contributed by atoms with Crippen LogP contribution < -0.4 is 9.88 Å². The van der Waals surface area contributed by atoms with Crippen LogP contribution in [0.3, 0.4) is 0 Å². The molecule has 7 nitrogen and oxygen atoms in total. The topological polar surface area (TPSA) is 100 Å². The van der Waals surface area contributed by atoms with E-state index in [4.69, 9.17) is 21.5 Å². The van der Waals surface area contributed by atoms with Crippen molar-refractivity contribution in [1.29, 1.82) is 0 Å². The number of hydrogen-bond donors (Lipinski definition) is 1. The first-order valence-electron chi connectivity index (χ1n) is 7.52. The van der Waals surface area contributed by atoms with Crippen molar-refractivity contribution in [2.24, 2.45) is 5.14 Å². The quantitative estimate of drug-likeness (QED) is 0.768. The van der Waals surface area contributed by atoms with E-state index in [0.717, 1.165) is 11.5 Å². The van der Waals surface area contributed by atoms with Gasteiger partial charge in [-0.2, -0.15) is 13.2 Å². The van der Waals surface area contributed by atoms with Gasteiger partial charge in [-0.3, -0.25) is 9.67 Å². The fourth-order valence-electron chi connectivity index (χ4n) is 2.01. The lowest BCUT2D eigenvalue weighted by atomic mass is 10.2.